The maximum atomic E-state index is 12.5. The lowest BCUT2D eigenvalue weighted by Gasteiger charge is -2.14. The Morgan fingerprint density at radius 3 is 1.96 bits per heavy atom. The minimum atomic E-state index is -3.90. The van der Waals surface area contributed by atoms with E-state index in [1.165, 1.54) is 12.1 Å². The molecular formula is C17H17NO4S. The SMILES string of the molecule is NC(=O)[C@H](CCC(=O)c1ccccc1)S(=O)(=O)c1ccccc1. The van der Waals surface area contributed by atoms with E-state index >= 15 is 0 Å². The average molecular weight is 331 g/mol. The Morgan fingerprint density at radius 1 is 0.913 bits per heavy atom. The molecule has 0 radical (unpaired) electrons. The molecule has 0 aromatic heterocycles. The van der Waals surface area contributed by atoms with Gasteiger partial charge in [0.05, 0.1) is 4.90 Å². The van der Waals surface area contributed by atoms with Crippen LogP contribution >= 0.6 is 0 Å². The van der Waals surface area contributed by atoms with Gasteiger partial charge in [0.15, 0.2) is 15.6 Å². The third kappa shape index (κ3) is 4.04. The fourth-order valence-electron chi connectivity index (χ4n) is 2.26. The second-order valence-electron chi connectivity index (χ2n) is 5.08. The summed E-state index contributed by atoms with van der Waals surface area (Å²) >= 11 is 0. The van der Waals surface area contributed by atoms with Crippen LogP contribution < -0.4 is 5.73 Å². The van der Waals surface area contributed by atoms with E-state index in [9.17, 15) is 18.0 Å². The van der Waals surface area contributed by atoms with Crippen LogP contribution in [0.4, 0.5) is 0 Å². The van der Waals surface area contributed by atoms with Crippen molar-refractivity contribution >= 4 is 21.5 Å². The maximum absolute atomic E-state index is 12.5. The molecule has 2 aromatic carbocycles. The quantitative estimate of drug-likeness (QED) is 0.785. The fraction of sp³-hybridized carbons (Fsp3) is 0.176. The zero-order chi connectivity index (χ0) is 16.9. The minimum absolute atomic E-state index is 0.0240. The van der Waals surface area contributed by atoms with Gasteiger partial charge in [0, 0.05) is 12.0 Å². The smallest absolute Gasteiger partial charge is 0.236 e. The number of amides is 1. The minimum Gasteiger partial charge on any atom is -0.369 e. The van der Waals surface area contributed by atoms with Crippen molar-refractivity contribution in [3.8, 4) is 0 Å². The van der Waals surface area contributed by atoms with Gasteiger partial charge in [-0.3, -0.25) is 9.59 Å². The Hall–Kier alpha value is -2.47. The van der Waals surface area contributed by atoms with Crippen LogP contribution in [0.25, 0.3) is 0 Å². The number of nitrogens with two attached hydrogens (primary N) is 1. The number of primary amides is 1. The van der Waals surface area contributed by atoms with Crippen molar-refractivity contribution in [2.45, 2.75) is 23.0 Å². The number of rotatable bonds is 7. The number of hydrogen-bond acceptors (Lipinski definition) is 4. The monoisotopic (exact) mass is 331 g/mol. The van der Waals surface area contributed by atoms with Crippen molar-refractivity contribution in [1.29, 1.82) is 0 Å². The zero-order valence-corrected chi connectivity index (χ0v) is 13.2. The largest absolute Gasteiger partial charge is 0.369 e. The summed E-state index contributed by atoms with van der Waals surface area (Å²) in [6, 6.07) is 16.1. The number of hydrogen-bond donors (Lipinski definition) is 1. The topological polar surface area (TPSA) is 94.3 Å². The number of benzene rings is 2. The van der Waals surface area contributed by atoms with Crippen LogP contribution in [0, 0.1) is 0 Å². The third-order valence-corrected chi connectivity index (χ3v) is 5.64. The molecule has 23 heavy (non-hydrogen) atoms. The highest BCUT2D eigenvalue weighted by molar-refractivity contribution is 7.92. The molecule has 6 heteroatoms. The van der Waals surface area contributed by atoms with Gasteiger partial charge in [0.2, 0.25) is 5.91 Å². The van der Waals surface area contributed by atoms with E-state index < -0.39 is 21.0 Å². The summed E-state index contributed by atoms with van der Waals surface area (Å²) in [5.41, 5.74) is 5.74. The van der Waals surface area contributed by atoms with E-state index in [4.69, 9.17) is 5.73 Å². The Bertz CT molecular complexity index is 786. The first-order valence-electron chi connectivity index (χ1n) is 7.09. The number of carbonyl (C=O) groups is 2. The lowest BCUT2D eigenvalue weighted by atomic mass is 10.1. The van der Waals surface area contributed by atoms with Crippen LogP contribution in [0.3, 0.4) is 0 Å². The number of ketones is 1. The summed E-state index contributed by atoms with van der Waals surface area (Å²) < 4.78 is 25.0. The standard InChI is InChI=1S/C17H17NO4S/c18-17(20)16(23(21,22)14-9-5-2-6-10-14)12-11-15(19)13-7-3-1-4-8-13/h1-10,16H,11-12H2,(H2,18,20)/t16-/m0/s1. The van der Waals surface area contributed by atoms with E-state index in [0.717, 1.165) is 0 Å². The molecule has 0 saturated heterocycles. The first-order valence-corrected chi connectivity index (χ1v) is 8.64. The second-order valence-corrected chi connectivity index (χ2v) is 7.21. The molecule has 0 aliphatic rings. The van der Waals surface area contributed by atoms with Gasteiger partial charge < -0.3 is 5.73 Å². The molecule has 0 unspecified atom stereocenters. The van der Waals surface area contributed by atoms with Gasteiger partial charge in [-0.05, 0) is 18.6 Å². The van der Waals surface area contributed by atoms with Gasteiger partial charge in [-0.1, -0.05) is 48.5 Å². The van der Waals surface area contributed by atoms with E-state index in [-0.39, 0.29) is 23.5 Å². The highest BCUT2D eigenvalue weighted by Crippen LogP contribution is 2.20. The van der Waals surface area contributed by atoms with Gasteiger partial charge in [0.1, 0.15) is 5.25 Å². The number of carbonyl (C=O) groups excluding carboxylic acids is 2. The van der Waals surface area contributed by atoms with Crippen LogP contribution in [0.5, 0.6) is 0 Å². The molecule has 0 aliphatic carbocycles. The zero-order valence-electron chi connectivity index (χ0n) is 12.4. The maximum Gasteiger partial charge on any atom is 0.236 e. The predicted molar refractivity (Wildman–Crippen MR) is 86.6 cm³/mol. The summed E-state index contributed by atoms with van der Waals surface area (Å²) in [6.07, 6.45) is -0.204. The molecule has 5 nitrogen and oxygen atoms in total. The van der Waals surface area contributed by atoms with Crippen LogP contribution in [0.1, 0.15) is 23.2 Å². The van der Waals surface area contributed by atoms with Gasteiger partial charge in [-0.2, -0.15) is 0 Å². The first-order chi connectivity index (χ1) is 10.9. The molecular weight excluding hydrogens is 314 g/mol. The van der Waals surface area contributed by atoms with Crippen LogP contribution in [-0.4, -0.2) is 25.4 Å². The lowest BCUT2D eigenvalue weighted by Crippen LogP contribution is -2.36. The number of sulfone groups is 1. The second kappa shape index (κ2) is 7.19. The fourth-order valence-corrected chi connectivity index (χ4v) is 3.85. The highest BCUT2D eigenvalue weighted by Gasteiger charge is 2.32. The molecule has 120 valence electrons. The van der Waals surface area contributed by atoms with Crippen molar-refractivity contribution in [2.75, 3.05) is 0 Å². The lowest BCUT2D eigenvalue weighted by molar-refractivity contribution is -0.117. The highest BCUT2D eigenvalue weighted by atomic mass is 32.2. The molecule has 1 amide bonds. The van der Waals surface area contributed by atoms with E-state index in [1.54, 1.807) is 48.5 Å². The Kier molecular flexibility index (Phi) is 5.28. The van der Waals surface area contributed by atoms with Crippen molar-refractivity contribution in [3.05, 3.63) is 66.2 Å². The first kappa shape index (κ1) is 16.9. The van der Waals surface area contributed by atoms with Crippen molar-refractivity contribution in [3.63, 3.8) is 0 Å². The molecule has 0 saturated carbocycles. The Morgan fingerprint density at radius 2 is 1.43 bits per heavy atom. The number of Topliss-reactive ketones (excluding diaryl/α,β-unsaturated/α-hetero) is 1. The third-order valence-electron chi connectivity index (χ3n) is 3.49. The predicted octanol–water partition coefficient (Wildman–Crippen LogP) is 1.98. The molecule has 0 aliphatic heterocycles. The molecule has 0 fully saturated rings. The molecule has 1 atom stereocenters. The van der Waals surface area contributed by atoms with E-state index in [1.807, 2.05) is 0 Å². The van der Waals surface area contributed by atoms with Gasteiger partial charge in [-0.25, -0.2) is 8.42 Å². The van der Waals surface area contributed by atoms with Crippen molar-refractivity contribution < 1.29 is 18.0 Å². The molecule has 2 N–H and O–H groups in total. The summed E-state index contributed by atoms with van der Waals surface area (Å²) in [4.78, 5) is 23.7. The Labute approximate surface area is 135 Å². The molecule has 0 heterocycles. The van der Waals surface area contributed by atoms with Gasteiger partial charge >= 0.3 is 0 Å². The van der Waals surface area contributed by atoms with E-state index in [0.29, 0.717) is 5.56 Å². The summed E-state index contributed by atoms with van der Waals surface area (Å²) in [6.45, 7) is 0. The van der Waals surface area contributed by atoms with Crippen molar-refractivity contribution in [2.24, 2.45) is 5.73 Å². The average Bonchev–Trinajstić information content (AvgIpc) is 2.56. The van der Waals surface area contributed by atoms with Gasteiger partial charge in [0.25, 0.3) is 0 Å². The van der Waals surface area contributed by atoms with Crippen LogP contribution in [-0.2, 0) is 14.6 Å². The van der Waals surface area contributed by atoms with Gasteiger partial charge in [-0.15, -0.1) is 0 Å². The van der Waals surface area contributed by atoms with Crippen molar-refractivity contribution in [1.82, 2.24) is 0 Å². The summed E-state index contributed by atoms with van der Waals surface area (Å²) in [7, 11) is -3.90. The summed E-state index contributed by atoms with van der Waals surface area (Å²) in [5.74, 6) is -1.17. The normalized spacial score (nSPS) is 12.5. The molecule has 0 bridgehead atoms. The van der Waals surface area contributed by atoms with Crippen LogP contribution in [0.15, 0.2) is 65.6 Å². The summed E-state index contributed by atoms with van der Waals surface area (Å²) in [5, 5.41) is -1.42. The van der Waals surface area contributed by atoms with E-state index in [2.05, 4.69) is 0 Å². The van der Waals surface area contributed by atoms with Crippen LogP contribution in [0.2, 0.25) is 0 Å². The molecule has 2 aromatic rings. The molecule has 0 spiro atoms. The Balaban J connectivity index is 2.17. The molecule has 2 rings (SSSR count).